The van der Waals surface area contributed by atoms with Gasteiger partial charge < -0.3 is 10.2 Å². The van der Waals surface area contributed by atoms with Crippen LogP contribution in [0.3, 0.4) is 0 Å². The first-order valence-electron chi connectivity index (χ1n) is 10.8. The van der Waals surface area contributed by atoms with Crippen molar-refractivity contribution in [1.82, 2.24) is 10.2 Å². The number of aryl methyl sites for hydroxylation is 3. The topological polar surface area (TPSA) is 49.4 Å². The highest BCUT2D eigenvalue weighted by atomic mass is 16.2. The van der Waals surface area contributed by atoms with E-state index in [4.69, 9.17) is 0 Å². The number of carbonyl (C=O) groups excluding carboxylic acids is 2. The second kappa shape index (κ2) is 10.4. The molecule has 1 N–H and O–H groups in total. The molecule has 0 saturated carbocycles. The lowest BCUT2D eigenvalue weighted by Crippen LogP contribution is -2.53. The maximum atomic E-state index is 13.3. The van der Waals surface area contributed by atoms with Crippen LogP contribution in [0.1, 0.15) is 62.8 Å². The molecule has 0 heterocycles. The molecular weight excluding hydrogens is 372 g/mol. The molecule has 0 radical (unpaired) electrons. The molecule has 0 aliphatic carbocycles. The zero-order chi connectivity index (χ0) is 22.3. The van der Waals surface area contributed by atoms with Crippen LogP contribution in [0.25, 0.3) is 0 Å². The Balaban J connectivity index is 2.24. The van der Waals surface area contributed by atoms with Crippen LogP contribution in [0.15, 0.2) is 48.5 Å². The highest BCUT2D eigenvalue weighted by Gasteiger charge is 2.30. The number of nitrogens with one attached hydrogen (secondary N) is 1. The van der Waals surface area contributed by atoms with Gasteiger partial charge in [0.05, 0.1) is 0 Å². The maximum absolute atomic E-state index is 13.3. The van der Waals surface area contributed by atoms with Gasteiger partial charge in [0.15, 0.2) is 0 Å². The normalized spacial score (nSPS) is 12.3. The minimum absolute atomic E-state index is 0.00902. The summed E-state index contributed by atoms with van der Waals surface area (Å²) in [6, 6.07) is 15.8. The second-order valence-corrected chi connectivity index (χ2v) is 9.10. The lowest BCUT2D eigenvalue weighted by atomic mass is 10.0. The van der Waals surface area contributed by atoms with Crippen molar-refractivity contribution in [3.8, 4) is 0 Å². The molecule has 0 bridgehead atoms. The lowest BCUT2D eigenvalue weighted by Gasteiger charge is -2.33. The van der Waals surface area contributed by atoms with Crippen molar-refractivity contribution in [2.24, 2.45) is 0 Å². The van der Waals surface area contributed by atoms with Crippen molar-refractivity contribution >= 4 is 11.8 Å². The monoisotopic (exact) mass is 408 g/mol. The van der Waals surface area contributed by atoms with E-state index in [-0.39, 0.29) is 17.4 Å². The third kappa shape index (κ3) is 7.01. The third-order valence-electron chi connectivity index (χ3n) is 5.23. The largest absolute Gasteiger partial charge is 0.350 e. The molecule has 2 rings (SSSR count). The molecule has 162 valence electrons. The number of hydrogen-bond donors (Lipinski definition) is 1. The molecule has 4 heteroatoms. The molecule has 0 aliphatic rings. The van der Waals surface area contributed by atoms with Gasteiger partial charge in [-0.25, -0.2) is 0 Å². The van der Waals surface area contributed by atoms with Crippen LogP contribution in [-0.4, -0.2) is 28.3 Å². The summed E-state index contributed by atoms with van der Waals surface area (Å²) in [5.41, 5.74) is 4.19. The Labute approximate surface area is 181 Å². The van der Waals surface area contributed by atoms with Gasteiger partial charge in [-0.2, -0.15) is 0 Å². The Morgan fingerprint density at radius 1 is 1.00 bits per heavy atom. The van der Waals surface area contributed by atoms with E-state index in [2.05, 4.69) is 36.5 Å². The standard InChI is InChI=1S/C26H36N2O2/c1-7-23(25(30)27-26(4,5)6)28(18-22-11-9-8-10-20(22)3)24(29)17-16-21-14-12-19(2)13-15-21/h8-15,23H,7,16-18H2,1-6H3,(H,27,30). The molecule has 0 fully saturated rings. The number of nitrogens with zero attached hydrogens (tertiary/aromatic N) is 1. The van der Waals surface area contributed by atoms with Gasteiger partial charge in [-0.1, -0.05) is 61.0 Å². The average Bonchev–Trinajstić information content (AvgIpc) is 2.67. The third-order valence-corrected chi connectivity index (χ3v) is 5.23. The van der Waals surface area contributed by atoms with Crippen LogP contribution in [0.4, 0.5) is 0 Å². The van der Waals surface area contributed by atoms with Gasteiger partial charge in [0.25, 0.3) is 0 Å². The van der Waals surface area contributed by atoms with Crippen LogP contribution in [0, 0.1) is 13.8 Å². The first-order chi connectivity index (χ1) is 14.1. The SMILES string of the molecule is CCC(C(=O)NC(C)(C)C)N(Cc1ccccc1C)C(=O)CCc1ccc(C)cc1. The van der Waals surface area contributed by atoms with Gasteiger partial charge in [-0.3, -0.25) is 9.59 Å². The molecule has 0 aliphatic heterocycles. The minimum Gasteiger partial charge on any atom is -0.350 e. The molecule has 1 atom stereocenters. The van der Waals surface area contributed by atoms with Crippen molar-refractivity contribution < 1.29 is 9.59 Å². The maximum Gasteiger partial charge on any atom is 0.243 e. The Kier molecular flexibility index (Phi) is 8.22. The Morgan fingerprint density at radius 3 is 2.20 bits per heavy atom. The van der Waals surface area contributed by atoms with Crippen LogP contribution >= 0.6 is 0 Å². The van der Waals surface area contributed by atoms with E-state index in [1.165, 1.54) is 5.56 Å². The smallest absolute Gasteiger partial charge is 0.243 e. The average molecular weight is 409 g/mol. The minimum atomic E-state index is -0.491. The molecule has 1 unspecified atom stereocenters. The Hall–Kier alpha value is -2.62. The number of amides is 2. The number of rotatable bonds is 8. The second-order valence-electron chi connectivity index (χ2n) is 9.10. The van der Waals surface area contributed by atoms with E-state index in [0.717, 1.165) is 16.7 Å². The zero-order valence-corrected chi connectivity index (χ0v) is 19.3. The van der Waals surface area contributed by atoms with Crippen LogP contribution < -0.4 is 5.32 Å². The van der Waals surface area contributed by atoms with Gasteiger partial charge >= 0.3 is 0 Å². The summed E-state index contributed by atoms with van der Waals surface area (Å²) in [5.74, 6) is -0.0861. The van der Waals surface area contributed by atoms with Crippen molar-refractivity contribution in [3.63, 3.8) is 0 Å². The first-order valence-corrected chi connectivity index (χ1v) is 10.8. The number of benzene rings is 2. The Bertz CT molecular complexity index is 850. The van der Waals surface area contributed by atoms with Crippen molar-refractivity contribution in [2.75, 3.05) is 0 Å². The van der Waals surface area contributed by atoms with Gasteiger partial charge in [0, 0.05) is 18.5 Å². The summed E-state index contributed by atoms with van der Waals surface area (Å²) in [6.45, 7) is 12.4. The highest BCUT2D eigenvalue weighted by Crippen LogP contribution is 2.18. The predicted octanol–water partition coefficient (Wildman–Crippen LogP) is 4.96. The molecule has 0 saturated heterocycles. The molecule has 2 amide bonds. The van der Waals surface area contributed by atoms with E-state index in [0.29, 0.717) is 25.8 Å². The summed E-state index contributed by atoms with van der Waals surface area (Å²) in [4.78, 5) is 28.1. The molecule has 30 heavy (non-hydrogen) atoms. The summed E-state index contributed by atoms with van der Waals surface area (Å²) < 4.78 is 0. The Morgan fingerprint density at radius 2 is 1.63 bits per heavy atom. The molecule has 2 aromatic rings. The predicted molar refractivity (Wildman–Crippen MR) is 123 cm³/mol. The fraction of sp³-hybridized carbons (Fsp3) is 0.462. The number of carbonyl (C=O) groups is 2. The quantitative estimate of drug-likeness (QED) is 0.671. The molecule has 2 aromatic carbocycles. The van der Waals surface area contributed by atoms with E-state index in [1.54, 1.807) is 4.90 Å². The molecular formula is C26H36N2O2. The van der Waals surface area contributed by atoms with Crippen LogP contribution in [0.2, 0.25) is 0 Å². The molecule has 4 nitrogen and oxygen atoms in total. The van der Waals surface area contributed by atoms with Crippen molar-refractivity contribution in [2.45, 2.75) is 78.9 Å². The highest BCUT2D eigenvalue weighted by molar-refractivity contribution is 5.88. The van der Waals surface area contributed by atoms with Crippen molar-refractivity contribution in [1.29, 1.82) is 0 Å². The summed E-state index contributed by atoms with van der Waals surface area (Å²) >= 11 is 0. The molecule has 0 spiro atoms. The fourth-order valence-electron chi connectivity index (χ4n) is 3.49. The zero-order valence-electron chi connectivity index (χ0n) is 19.3. The van der Waals surface area contributed by atoms with E-state index >= 15 is 0 Å². The fourth-order valence-corrected chi connectivity index (χ4v) is 3.49. The van der Waals surface area contributed by atoms with E-state index < -0.39 is 6.04 Å². The van der Waals surface area contributed by atoms with Crippen LogP contribution in [0.5, 0.6) is 0 Å². The van der Waals surface area contributed by atoms with E-state index in [9.17, 15) is 9.59 Å². The first kappa shape index (κ1) is 23.7. The number of hydrogen-bond acceptors (Lipinski definition) is 2. The van der Waals surface area contributed by atoms with Crippen LogP contribution in [-0.2, 0) is 22.6 Å². The van der Waals surface area contributed by atoms with Gasteiger partial charge in [-0.15, -0.1) is 0 Å². The summed E-state index contributed by atoms with van der Waals surface area (Å²) in [7, 11) is 0. The van der Waals surface area contributed by atoms with Gasteiger partial charge in [0.2, 0.25) is 11.8 Å². The lowest BCUT2D eigenvalue weighted by molar-refractivity contribution is -0.142. The van der Waals surface area contributed by atoms with Crippen molar-refractivity contribution in [3.05, 3.63) is 70.8 Å². The van der Waals surface area contributed by atoms with Gasteiger partial charge in [-0.05, 0) is 64.2 Å². The molecule has 0 aromatic heterocycles. The van der Waals surface area contributed by atoms with Gasteiger partial charge in [0.1, 0.15) is 6.04 Å². The van der Waals surface area contributed by atoms with E-state index in [1.807, 2.05) is 58.9 Å². The summed E-state index contributed by atoms with van der Waals surface area (Å²) in [5, 5.41) is 3.05. The summed E-state index contributed by atoms with van der Waals surface area (Å²) in [6.07, 6.45) is 1.62.